The van der Waals surface area contributed by atoms with Gasteiger partial charge >= 0.3 is 5.97 Å². The smallest absolute Gasteiger partial charge is 0.309 e. The fourth-order valence-electron chi connectivity index (χ4n) is 1.27. The van der Waals surface area contributed by atoms with Crippen molar-refractivity contribution in [2.24, 2.45) is 5.41 Å². The van der Waals surface area contributed by atoms with Crippen LogP contribution < -0.4 is 0 Å². The number of carboxylic acids is 1. The lowest BCUT2D eigenvalue weighted by atomic mass is 9.85. The molecule has 0 unspecified atom stereocenters. The maximum absolute atomic E-state index is 10.9. The van der Waals surface area contributed by atoms with Gasteiger partial charge in [-0.05, 0) is 34.1 Å². The summed E-state index contributed by atoms with van der Waals surface area (Å²) in [5.74, 6) is -0.102. The third kappa shape index (κ3) is 1.95. The molecular weight excluding hydrogens is 182 g/mol. The van der Waals surface area contributed by atoms with E-state index < -0.39 is 11.4 Å². The van der Waals surface area contributed by atoms with Crippen LogP contribution in [0.15, 0.2) is 4.52 Å². The summed E-state index contributed by atoms with van der Waals surface area (Å²) in [7, 11) is 0. The van der Waals surface area contributed by atoms with Crippen LogP contribution in [0.2, 0.25) is 0 Å². The monoisotopic (exact) mass is 197 g/mol. The van der Waals surface area contributed by atoms with Crippen molar-refractivity contribution in [1.82, 2.24) is 5.16 Å². The average Bonchev–Trinajstić information content (AvgIpc) is 2.35. The van der Waals surface area contributed by atoms with Gasteiger partial charge in [-0.1, -0.05) is 5.16 Å². The van der Waals surface area contributed by atoms with Crippen LogP contribution in [0, 0.1) is 19.3 Å². The number of carboxylic acid groups (broad SMARTS) is 1. The molecule has 0 atom stereocenters. The highest BCUT2D eigenvalue weighted by Crippen LogP contribution is 2.25. The third-order valence-corrected chi connectivity index (χ3v) is 2.38. The van der Waals surface area contributed by atoms with E-state index in [1.807, 2.05) is 6.92 Å². The summed E-state index contributed by atoms with van der Waals surface area (Å²) in [4.78, 5) is 10.9. The number of aromatic nitrogens is 1. The summed E-state index contributed by atoms with van der Waals surface area (Å²) in [5, 5.41) is 12.8. The van der Waals surface area contributed by atoms with E-state index in [0.717, 1.165) is 11.3 Å². The normalized spacial score (nSPS) is 11.7. The molecule has 4 heteroatoms. The molecule has 0 bridgehead atoms. The molecule has 1 heterocycles. The Morgan fingerprint density at radius 2 is 2.07 bits per heavy atom. The van der Waals surface area contributed by atoms with Gasteiger partial charge in [-0.3, -0.25) is 4.79 Å². The SMILES string of the molecule is Cc1noc(C)c1CC(C)(C)C(=O)O. The molecule has 1 rings (SSSR count). The average molecular weight is 197 g/mol. The minimum atomic E-state index is -0.808. The predicted octanol–water partition coefficient (Wildman–Crippen LogP) is 1.94. The Morgan fingerprint density at radius 3 is 2.43 bits per heavy atom. The van der Waals surface area contributed by atoms with Crippen LogP contribution in [0.4, 0.5) is 0 Å². The molecule has 0 radical (unpaired) electrons. The van der Waals surface area contributed by atoms with Gasteiger partial charge in [0.05, 0.1) is 11.1 Å². The fourth-order valence-corrected chi connectivity index (χ4v) is 1.27. The zero-order valence-corrected chi connectivity index (χ0v) is 8.92. The van der Waals surface area contributed by atoms with Crippen LogP contribution in [0.5, 0.6) is 0 Å². The van der Waals surface area contributed by atoms with Gasteiger partial charge in [-0.15, -0.1) is 0 Å². The van der Waals surface area contributed by atoms with E-state index in [4.69, 9.17) is 9.63 Å². The van der Waals surface area contributed by atoms with E-state index in [0.29, 0.717) is 12.2 Å². The topological polar surface area (TPSA) is 63.3 Å². The molecule has 4 nitrogen and oxygen atoms in total. The van der Waals surface area contributed by atoms with Crippen molar-refractivity contribution in [3.8, 4) is 0 Å². The molecule has 0 aromatic carbocycles. The van der Waals surface area contributed by atoms with E-state index in [9.17, 15) is 4.79 Å². The molecule has 0 fully saturated rings. The first kappa shape index (κ1) is 10.8. The van der Waals surface area contributed by atoms with Crippen LogP contribution in [0.1, 0.15) is 30.9 Å². The largest absolute Gasteiger partial charge is 0.481 e. The van der Waals surface area contributed by atoms with Crippen molar-refractivity contribution in [1.29, 1.82) is 0 Å². The number of aliphatic carboxylic acids is 1. The Hall–Kier alpha value is -1.32. The zero-order chi connectivity index (χ0) is 10.9. The van der Waals surface area contributed by atoms with E-state index in [1.165, 1.54) is 0 Å². The van der Waals surface area contributed by atoms with Gasteiger partial charge in [0.1, 0.15) is 5.76 Å². The first-order valence-corrected chi connectivity index (χ1v) is 4.50. The van der Waals surface area contributed by atoms with Gasteiger partial charge in [-0.25, -0.2) is 0 Å². The third-order valence-electron chi connectivity index (χ3n) is 2.38. The molecule has 0 saturated heterocycles. The van der Waals surface area contributed by atoms with Crippen molar-refractivity contribution >= 4 is 5.97 Å². The first-order valence-electron chi connectivity index (χ1n) is 4.50. The molecule has 0 saturated carbocycles. The van der Waals surface area contributed by atoms with Crippen molar-refractivity contribution < 1.29 is 14.4 Å². The number of aryl methyl sites for hydroxylation is 2. The molecule has 0 amide bonds. The zero-order valence-electron chi connectivity index (χ0n) is 8.92. The standard InChI is InChI=1S/C10H15NO3/c1-6-8(7(2)14-11-6)5-10(3,4)9(12)13/h5H2,1-4H3,(H,12,13). The number of nitrogens with zero attached hydrogens (tertiary/aromatic N) is 1. The van der Waals surface area contributed by atoms with E-state index in [1.54, 1.807) is 20.8 Å². The highest BCUT2D eigenvalue weighted by molar-refractivity contribution is 5.74. The number of rotatable bonds is 3. The van der Waals surface area contributed by atoms with E-state index in [2.05, 4.69) is 5.16 Å². The Balaban J connectivity index is 2.94. The second-order valence-electron chi connectivity index (χ2n) is 4.17. The molecular formula is C10H15NO3. The maximum Gasteiger partial charge on any atom is 0.309 e. The van der Waals surface area contributed by atoms with Gasteiger partial charge in [0.2, 0.25) is 0 Å². The summed E-state index contributed by atoms with van der Waals surface area (Å²) in [6.45, 7) is 7.01. The Kier molecular flexibility index (Phi) is 2.64. The minimum absolute atomic E-state index is 0.448. The number of carbonyl (C=O) groups is 1. The Labute approximate surface area is 82.9 Å². The highest BCUT2D eigenvalue weighted by Gasteiger charge is 2.29. The van der Waals surface area contributed by atoms with Gasteiger partial charge in [0.25, 0.3) is 0 Å². The van der Waals surface area contributed by atoms with Crippen LogP contribution in [0.25, 0.3) is 0 Å². The summed E-state index contributed by atoms with van der Waals surface area (Å²) in [6, 6.07) is 0. The minimum Gasteiger partial charge on any atom is -0.481 e. The molecule has 1 aromatic heterocycles. The lowest BCUT2D eigenvalue weighted by Crippen LogP contribution is -2.26. The van der Waals surface area contributed by atoms with Gasteiger partial charge < -0.3 is 9.63 Å². The summed E-state index contributed by atoms with van der Waals surface area (Å²) >= 11 is 0. The van der Waals surface area contributed by atoms with E-state index >= 15 is 0 Å². The first-order chi connectivity index (χ1) is 6.34. The van der Waals surface area contributed by atoms with Crippen LogP contribution in [-0.4, -0.2) is 16.2 Å². The van der Waals surface area contributed by atoms with Crippen LogP contribution in [0.3, 0.4) is 0 Å². The lowest BCUT2D eigenvalue weighted by Gasteiger charge is -2.18. The molecule has 0 aliphatic heterocycles. The summed E-state index contributed by atoms with van der Waals surface area (Å²) in [6.07, 6.45) is 0.448. The second-order valence-corrected chi connectivity index (χ2v) is 4.17. The molecule has 14 heavy (non-hydrogen) atoms. The highest BCUT2D eigenvalue weighted by atomic mass is 16.5. The maximum atomic E-state index is 10.9. The van der Waals surface area contributed by atoms with E-state index in [-0.39, 0.29) is 0 Å². The molecule has 78 valence electrons. The Morgan fingerprint density at radius 1 is 1.50 bits per heavy atom. The van der Waals surface area contributed by atoms with Crippen molar-refractivity contribution in [3.05, 3.63) is 17.0 Å². The molecule has 1 aromatic rings. The number of hydrogen-bond donors (Lipinski definition) is 1. The molecule has 0 aliphatic carbocycles. The van der Waals surface area contributed by atoms with Crippen LogP contribution in [-0.2, 0) is 11.2 Å². The predicted molar refractivity (Wildman–Crippen MR) is 51.1 cm³/mol. The number of hydrogen-bond acceptors (Lipinski definition) is 3. The summed E-state index contributed by atoms with van der Waals surface area (Å²) < 4.78 is 4.98. The molecule has 1 N–H and O–H groups in total. The van der Waals surface area contributed by atoms with Crippen molar-refractivity contribution in [2.75, 3.05) is 0 Å². The fraction of sp³-hybridized carbons (Fsp3) is 0.600. The second kappa shape index (κ2) is 3.44. The van der Waals surface area contributed by atoms with Crippen molar-refractivity contribution in [3.63, 3.8) is 0 Å². The molecule has 0 spiro atoms. The van der Waals surface area contributed by atoms with Gasteiger partial charge in [0.15, 0.2) is 0 Å². The van der Waals surface area contributed by atoms with Crippen molar-refractivity contribution in [2.45, 2.75) is 34.1 Å². The summed E-state index contributed by atoms with van der Waals surface area (Å²) in [5.41, 5.74) is 0.898. The molecule has 0 aliphatic rings. The van der Waals surface area contributed by atoms with Gasteiger partial charge in [-0.2, -0.15) is 0 Å². The lowest BCUT2D eigenvalue weighted by molar-refractivity contribution is -0.146. The quantitative estimate of drug-likeness (QED) is 0.804. The Bertz CT molecular complexity index is 333. The van der Waals surface area contributed by atoms with Crippen LogP contribution >= 0.6 is 0 Å². The van der Waals surface area contributed by atoms with Gasteiger partial charge in [0, 0.05) is 5.56 Å².